The second-order valence-electron chi connectivity index (χ2n) is 5.30. The maximum absolute atomic E-state index is 5.78. The van der Waals surface area contributed by atoms with Crippen molar-refractivity contribution in [3.8, 4) is 0 Å². The summed E-state index contributed by atoms with van der Waals surface area (Å²) in [5, 5.41) is 4.55. The van der Waals surface area contributed by atoms with Gasteiger partial charge < -0.3 is 5.73 Å². The molecule has 0 saturated carbocycles. The van der Waals surface area contributed by atoms with Crippen LogP contribution in [0.5, 0.6) is 0 Å². The summed E-state index contributed by atoms with van der Waals surface area (Å²) in [6, 6.07) is 0.616. The van der Waals surface area contributed by atoms with Crippen LogP contribution in [0.4, 0.5) is 0 Å². The van der Waals surface area contributed by atoms with Crippen LogP contribution in [0.3, 0.4) is 0 Å². The van der Waals surface area contributed by atoms with Crippen LogP contribution >= 0.6 is 15.9 Å². The predicted octanol–water partition coefficient (Wildman–Crippen LogP) is 1.91. The highest BCUT2D eigenvalue weighted by atomic mass is 79.9. The van der Waals surface area contributed by atoms with Gasteiger partial charge in [-0.2, -0.15) is 5.10 Å². The molecule has 4 nitrogen and oxygen atoms in total. The lowest BCUT2D eigenvalue weighted by Crippen LogP contribution is -2.28. The van der Waals surface area contributed by atoms with E-state index in [0.29, 0.717) is 12.0 Å². The van der Waals surface area contributed by atoms with E-state index < -0.39 is 0 Å². The molecule has 1 aliphatic heterocycles. The molecule has 1 saturated heterocycles. The summed E-state index contributed by atoms with van der Waals surface area (Å²) in [5.74, 6) is 0.651. The fourth-order valence-electron chi connectivity index (χ4n) is 2.79. The highest BCUT2D eigenvalue weighted by Crippen LogP contribution is 2.28. The third-order valence-corrected chi connectivity index (χ3v) is 4.90. The van der Waals surface area contributed by atoms with Gasteiger partial charge in [-0.3, -0.25) is 9.58 Å². The first-order valence-corrected chi connectivity index (χ1v) is 7.50. The smallest absolute Gasteiger partial charge is 0.0767 e. The predicted molar refractivity (Wildman–Crippen MR) is 77.3 cm³/mol. The van der Waals surface area contributed by atoms with E-state index in [4.69, 9.17) is 5.73 Å². The number of aromatic nitrogens is 2. The van der Waals surface area contributed by atoms with E-state index >= 15 is 0 Å². The van der Waals surface area contributed by atoms with Gasteiger partial charge in [-0.1, -0.05) is 6.92 Å². The minimum Gasteiger partial charge on any atom is -0.330 e. The fraction of sp³-hybridized carbons (Fsp3) is 0.769. The Hall–Kier alpha value is -0.390. The van der Waals surface area contributed by atoms with Crippen molar-refractivity contribution in [1.29, 1.82) is 0 Å². The van der Waals surface area contributed by atoms with Gasteiger partial charge in [0.05, 0.1) is 15.9 Å². The lowest BCUT2D eigenvalue weighted by molar-refractivity contribution is 0.248. The Balaban J connectivity index is 2.12. The number of hydrogen-bond donors (Lipinski definition) is 1. The lowest BCUT2D eigenvalue weighted by atomic mass is 10.1. The van der Waals surface area contributed by atoms with Gasteiger partial charge in [0.15, 0.2) is 0 Å². The van der Waals surface area contributed by atoms with Crippen LogP contribution in [0.15, 0.2) is 4.47 Å². The normalized spacial score (nSPS) is 24.9. The van der Waals surface area contributed by atoms with Gasteiger partial charge in [0.25, 0.3) is 0 Å². The molecule has 0 bridgehead atoms. The van der Waals surface area contributed by atoms with E-state index in [1.165, 1.54) is 16.6 Å². The number of nitrogens with two attached hydrogens (primary N) is 1. The van der Waals surface area contributed by atoms with Crippen molar-refractivity contribution in [1.82, 2.24) is 14.7 Å². The van der Waals surface area contributed by atoms with Crippen molar-refractivity contribution in [2.24, 2.45) is 18.7 Å². The van der Waals surface area contributed by atoms with Crippen molar-refractivity contribution in [3.63, 3.8) is 0 Å². The number of rotatable bonds is 4. The van der Waals surface area contributed by atoms with Crippen molar-refractivity contribution in [2.75, 3.05) is 13.1 Å². The average Bonchev–Trinajstić information content (AvgIpc) is 2.84. The molecule has 0 spiro atoms. The van der Waals surface area contributed by atoms with Crippen molar-refractivity contribution in [3.05, 3.63) is 15.9 Å². The highest BCUT2D eigenvalue weighted by Gasteiger charge is 2.29. The number of halogens is 1. The van der Waals surface area contributed by atoms with Crippen LogP contribution in [0.25, 0.3) is 0 Å². The van der Waals surface area contributed by atoms with Gasteiger partial charge in [0.2, 0.25) is 0 Å². The Labute approximate surface area is 118 Å². The van der Waals surface area contributed by atoms with Crippen molar-refractivity contribution < 1.29 is 0 Å². The van der Waals surface area contributed by atoms with E-state index in [1.54, 1.807) is 0 Å². The molecule has 2 atom stereocenters. The quantitative estimate of drug-likeness (QED) is 0.923. The zero-order chi connectivity index (χ0) is 13.3. The maximum atomic E-state index is 5.78. The van der Waals surface area contributed by atoms with Crippen molar-refractivity contribution >= 4 is 15.9 Å². The Bertz CT molecular complexity index is 415. The largest absolute Gasteiger partial charge is 0.330 e. The molecule has 2 rings (SSSR count). The van der Waals surface area contributed by atoms with E-state index in [-0.39, 0.29) is 0 Å². The Morgan fingerprint density at radius 2 is 2.22 bits per heavy atom. The summed E-state index contributed by atoms with van der Waals surface area (Å²) >= 11 is 3.69. The summed E-state index contributed by atoms with van der Waals surface area (Å²) in [4.78, 5) is 2.51. The molecule has 2 N–H and O–H groups in total. The van der Waals surface area contributed by atoms with Gasteiger partial charge in [0.1, 0.15) is 0 Å². The van der Waals surface area contributed by atoms with Crippen LogP contribution in [0.2, 0.25) is 0 Å². The van der Waals surface area contributed by atoms with Gasteiger partial charge >= 0.3 is 0 Å². The molecule has 2 unspecified atom stereocenters. The van der Waals surface area contributed by atoms with Gasteiger partial charge in [0, 0.05) is 26.2 Å². The molecular formula is C13H23BrN4. The second kappa shape index (κ2) is 5.72. The number of hydrogen-bond acceptors (Lipinski definition) is 3. The van der Waals surface area contributed by atoms with Crippen molar-refractivity contribution in [2.45, 2.75) is 39.3 Å². The molecule has 1 aliphatic rings. The zero-order valence-electron chi connectivity index (χ0n) is 11.5. The maximum Gasteiger partial charge on any atom is 0.0767 e. The minimum absolute atomic E-state index is 0.616. The SMILES string of the molecule is CCc1nn(C)c(CN2CC(CN)CC2C)c1Br. The Morgan fingerprint density at radius 3 is 2.72 bits per heavy atom. The number of likely N-dealkylation sites (tertiary alicyclic amines) is 1. The molecule has 1 fully saturated rings. The fourth-order valence-corrected chi connectivity index (χ4v) is 3.53. The molecule has 0 amide bonds. The lowest BCUT2D eigenvalue weighted by Gasteiger charge is -2.21. The van der Waals surface area contributed by atoms with E-state index in [2.05, 4.69) is 39.8 Å². The number of aryl methyl sites for hydroxylation is 2. The van der Waals surface area contributed by atoms with Gasteiger partial charge in [-0.15, -0.1) is 0 Å². The molecule has 18 heavy (non-hydrogen) atoms. The zero-order valence-corrected chi connectivity index (χ0v) is 13.1. The summed E-state index contributed by atoms with van der Waals surface area (Å²) in [6.07, 6.45) is 2.18. The first kappa shape index (κ1) is 14.0. The molecule has 0 radical (unpaired) electrons. The molecule has 102 valence electrons. The molecule has 0 aliphatic carbocycles. The summed E-state index contributed by atoms with van der Waals surface area (Å²) in [7, 11) is 2.03. The van der Waals surface area contributed by atoms with Crippen LogP contribution in [0, 0.1) is 5.92 Å². The topological polar surface area (TPSA) is 47.1 Å². The Morgan fingerprint density at radius 1 is 1.50 bits per heavy atom. The summed E-state index contributed by atoms with van der Waals surface area (Å²) in [6.45, 7) is 7.30. The Kier molecular flexibility index (Phi) is 4.45. The highest BCUT2D eigenvalue weighted by molar-refractivity contribution is 9.10. The van der Waals surface area contributed by atoms with E-state index in [9.17, 15) is 0 Å². The minimum atomic E-state index is 0.616. The van der Waals surface area contributed by atoms with Crippen LogP contribution in [-0.4, -0.2) is 33.8 Å². The van der Waals surface area contributed by atoms with Crippen LogP contribution in [-0.2, 0) is 20.0 Å². The molecule has 1 aromatic heterocycles. The molecule has 5 heteroatoms. The molecule has 2 heterocycles. The number of nitrogens with zero attached hydrogens (tertiary/aromatic N) is 3. The standard InChI is InChI=1S/C13H23BrN4/c1-4-11-13(14)12(17(3)16-11)8-18-7-10(6-15)5-9(18)2/h9-10H,4-8,15H2,1-3H3. The molecule has 1 aromatic rings. The summed E-state index contributed by atoms with van der Waals surface area (Å²) in [5.41, 5.74) is 8.21. The molecular weight excluding hydrogens is 292 g/mol. The molecule has 0 aromatic carbocycles. The first-order chi connectivity index (χ1) is 8.56. The van der Waals surface area contributed by atoms with Gasteiger partial charge in [-0.05, 0) is 48.2 Å². The third kappa shape index (κ3) is 2.63. The van der Waals surface area contributed by atoms with Crippen LogP contribution < -0.4 is 5.73 Å². The van der Waals surface area contributed by atoms with Crippen LogP contribution in [0.1, 0.15) is 31.7 Å². The summed E-state index contributed by atoms with van der Waals surface area (Å²) < 4.78 is 3.18. The van der Waals surface area contributed by atoms with E-state index in [0.717, 1.165) is 31.7 Å². The average molecular weight is 315 g/mol. The van der Waals surface area contributed by atoms with E-state index in [1.807, 2.05) is 11.7 Å². The third-order valence-electron chi connectivity index (χ3n) is 3.98. The monoisotopic (exact) mass is 314 g/mol. The van der Waals surface area contributed by atoms with Gasteiger partial charge in [-0.25, -0.2) is 0 Å². The second-order valence-corrected chi connectivity index (χ2v) is 6.09. The first-order valence-electron chi connectivity index (χ1n) is 6.71.